The number of fused-ring (bicyclic) bond motifs is 10. The number of benzene rings is 7. The van der Waals surface area contributed by atoms with Gasteiger partial charge in [-0.15, -0.1) is 11.3 Å². The number of furan rings is 1. The van der Waals surface area contributed by atoms with Crippen LogP contribution < -0.4 is 0 Å². The number of nitrogens with zero attached hydrogens (tertiary/aromatic N) is 1. The summed E-state index contributed by atoms with van der Waals surface area (Å²) in [7, 11) is 0. The first-order valence-corrected chi connectivity index (χ1v) is 15.7. The van der Waals surface area contributed by atoms with Crippen molar-refractivity contribution < 1.29 is 4.42 Å². The van der Waals surface area contributed by atoms with E-state index in [1.807, 2.05) is 23.5 Å². The number of thiophene rings is 1. The monoisotopic (exact) mass is 577 g/mol. The lowest BCUT2D eigenvalue weighted by Gasteiger charge is -2.14. The molecule has 10 rings (SSSR count). The fourth-order valence-electron chi connectivity index (χ4n) is 7.01. The molecule has 3 heteroatoms. The van der Waals surface area contributed by atoms with Gasteiger partial charge in [-0.1, -0.05) is 103 Å². The SMILES string of the molecule is c1ccc2cc3c(cc2c1)sc1ccc2c(-c4cccc5ccccc45)nc(-c4cccc5c4oc4ccccc45)cc2c13. The van der Waals surface area contributed by atoms with Gasteiger partial charge in [0.05, 0.1) is 11.4 Å². The van der Waals surface area contributed by atoms with Crippen molar-refractivity contribution in [1.82, 2.24) is 4.98 Å². The van der Waals surface area contributed by atoms with Gasteiger partial charge in [-0.3, -0.25) is 0 Å². The van der Waals surface area contributed by atoms with E-state index < -0.39 is 0 Å². The number of rotatable bonds is 2. The molecule has 0 amide bonds. The van der Waals surface area contributed by atoms with Gasteiger partial charge in [-0.2, -0.15) is 0 Å². The maximum absolute atomic E-state index is 6.52. The molecule has 0 aliphatic heterocycles. The van der Waals surface area contributed by atoms with Crippen molar-refractivity contribution in [3.05, 3.63) is 140 Å². The topological polar surface area (TPSA) is 26.0 Å². The van der Waals surface area contributed by atoms with E-state index in [-0.39, 0.29) is 0 Å². The summed E-state index contributed by atoms with van der Waals surface area (Å²) in [6, 6.07) is 50.0. The molecule has 2 nitrogen and oxygen atoms in total. The van der Waals surface area contributed by atoms with Crippen LogP contribution in [0.15, 0.2) is 144 Å². The molecule has 0 radical (unpaired) electrons. The molecule has 0 atom stereocenters. The van der Waals surface area contributed by atoms with Crippen LogP contribution in [0.4, 0.5) is 0 Å². The number of aromatic nitrogens is 1. The summed E-state index contributed by atoms with van der Waals surface area (Å²) in [4.78, 5) is 5.48. The van der Waals surface area contributed by atoms with E-state index in [2.05, 4.69) is 127 Å². The van der Waals surface area contributed by atoms with Crippen LogP contribution in [0.5, 0.6) is 0 Å². The zero-order valence-corrected chi connectivity index (χ0v) is 24.4. The Morgan fingerprint density at radius 2 is 1.16 bits per heavy atom. The number of pyridine rings is 1. The van der Waals surface area contributed by atoms with E-state index in [1.54, 1.807) is 0 Å². The highest BCUT2D eigenvalue weighted by atomic mass is 32.1. The lowest BCUT2D eigenvalue weighted by Crippen LogP contribution is -1.93. The highest BCUT2D eigenvalue weighted by Crippen LogP contribution is 2.45. The summed E-state index contributed by atoms with van der Waals surface area (Å²) in [5.41, 5.74) is 5.81. The number of hydrogen-bond donors (Lipinski definition) is 0. The Balaban J connectivity index is 1.38. The Bertz CT molecular complexity index is 2780. The second-order valence-electron chi connectivity index (χ2n) is 11.5. The predicted molar refractivity (Wildman–Crippen MR) is 188 cm³/mol. The standard InChI is InChI=1S/C41H23NOS/c1-2-11-26-22-38-34(21-25(26)10-1)39-33-23-35(32-17-8-16-31-28-14-5-6-18-36(28)43-41(31)32)42-40(30(33)19-20-37(39)44-38)29-15-7-12-24-9-3-4-13-27(24)29/h1-23H. The second kappa shape index (κ2) is 9.00. The molecule has 0 aliphatic rings. The molecule has 44 heavy (non-hydrogen) atoms. The molecule has 0 N–H and O–H groups in total. The van der Waals surface area contributed by atoms with Crippen LogP contribution in [-0.4, -0.2) is 4.98 Å². The smallest absolute Gasteiger partial charge is 0.144 e. The molecular formula is C41H23NOS. The van der Waals surface area contributed by atoms with Crippen LogP contribution in [0, 0.1) is 0 Å². The first-order chi connectivity index (χ1) is 21.8. The van der Waals surface area contributed by atoms with Crippen LogP contribution in [0.3, 0.4) is 0 Å². The Hall–Kier alpha value is -5.51. The van der Waals surface area contributed by atoms with Crippen LogP contribution in [0.25, 0.3) is 96.9 Å². The molecule has 10 aromatic rings. The van der Waals surface area contributed by atoms with Gasteiger partial charge in [0.15, 0.2) is 0 Å². The zero-order chi connectivity index (χ0) is 28.8. The van der Waals surface area contributed by atoms with Crippen molar-refractivity contribution in [3.8, 4) is 22.5 Å². The molecule has 204 valence electrons. The van der Waals surface area contributed by atoms with Gasteiger partial charge in [0.1, 0.15) is 11.2 Å². The van der Waals surface area contributed by atoms with Gasteiger partial charge in [0.25, 0.3) is 0 Å². The molecule has 0 spiro atoms. The molecule has 0 aliphatic carbocycles. The van der Waals surface area contributed by atoms with Gasteiger partial charge >= 0.3 is 0 Å². The van der Waals surface area contributed by atoms with Gasteiger partial charge in [0.2, 0.25) is 0 Å². The normalized spacial score (nSPS) is 12.1. The fourth-order valence-corrected chi connectivity index (χ4v) is 8.16. The summed E-state index contributed by atoms with van der Waals surface area (Å²) < 4.78 is 9.10. The molecule has 0 bridgehead atoms. The first kappa shape index (κ1) is 24.0. The van der Waals surface area contributed by atoms with E-state index in [1.165, 1.54) is 47.1 Å². The molecule has 0 saturated carbocycles. The van der Waals surface area contributed by atoms with E-state index in [0.717, 1.165) is 49.8 Å². The van der Waals surface area contributed by atoms with Crippen molar-refractivity contribution in [2.75, 3.05) is 0 Å². The fraction of sp³-hybridized carbons (Fsp3) is 0. The van der Waals surface area contributed by atoms with E-state index >= 15 is 0 Å². The minimum absolute atomic E-state index is 0.873. The van der Waals surface area contributed by atoms with E-state index in [9.17, 15) is 0 Å². The van der Waals surface area contributed by atoms with Gasteiger partial charge in [0, 0.05) is 47.5 Å². The number of hydrogen-bond acceptors (Lipinski definition) is 3. The molecule has 0 saturated heterocycles. The summed E-state index contributed by atoms with van der Waals surface area (Å²) in [5, 5.41) is 12.1. The summed E-state index contributed by atoms with van der Waals surface area (Å²) >= 11 is 1.86. The van der Waals surface area contributed by atoms with Crippen molar-refractivity contribution in [2.24, 2.45) is 0 Å². The van der Waals surface area contributed by atoms with Crippen LogP contribution in [0.1, 0.15) is 0 Å². The van der Waals surface area contributed by atoms with Crippen molar-refractivity contribution in [1.29, 1.82) is 0 Å². The Morgan fingerprint density at radius 3 is 2.07 bits per heavy atom. The zero-order valence-electron chi connectivity index (χ0n) is 23.5. The average Bonchev–Trinajstić information content (AvgIpc) is 3.64. The van der Waals surface area contributed by atoms with Crippen LogP contribution in [-0.2, 0) is 0 Å². The highest BCUT2D eigenvalue weighted by molar-refractivity contribution is 7.26. The summed E-state index contributed by atoms with van der Waals surface area (Å²) in [6.07, 6.45) is 0. The molecule has 7 aromatic carbocycles. The summed E-state index contributed by atoms with van der Waals surface area (Å²) in [5.74, 6) is 0. The molecule has 3 heterocycles. The molecule has 0 fully saturated rings. The summed E-state index contributed by atoms with van der Waals surface area (Å²) in [6.45, 7) is 0. The maximum atomic E-state index is 6.52. The Morgan fingerprint density at radius 1 is 0.455 bits per heavy atom. The van der Waals surface area contributed by atoms with Crippen LogP contribution >= 0.6 is 11.3 Å². The second-order valence-corrected chi connectivity index (χ2v) is 12.6. The van der Waals surface area contributed by atoms with Crippen molar-refractivity contribution >= 4 is 85.8 Å². The minimum atomic E-state index is 0.873. The first-order valence-electron chi connectivity index (χ1n) is 14.9. The largest absolute Gasteiger partial charge is 0.455 e. The maximum Gasteiger partial charge on any atom is 0.144 e. The van der Waals surface area contributed by atoms with Gasteiger partial charge in [-0.05, 0) is 63.3 Å². The van der Waals surface area contributed by atoms with Crippen molar-refractivity contribution in [2.45, 2.75) is 0 Å². The molecular weight excluding hydrogens is 555 g/mol. The predicted octanol–water partition coefficient (Wildman–Crippen LogP) is 12.1. The quantitative estimate of drug-likeness (QED) is 0.204. The Kier molecular flexibility index (Phi) is 4.90. The number of para-hydroxylation sites is 2. The third-order valence-electron chi connectivity index (χ3n) is 9.04. The third kappa shape index (κ3) is 3.39. The lowest BCUT2D eigenvalue weighted by atomic mass is 9.94. The molecule has 0 unspecified atom stereocenters. The van der Waals surface area contributed by atoms with Crippen LogP contribution in [0.2, 0.25) is 0 Å². The highest BCUT2D eigenvalue weighted by Gasteiger charge is 2.19. The minimum Gasteiger partial charge on any atom is -0.455 e. The average molecular weight is 578 g/mol. The molecule has 3 aromatic heterocycles. The van der Waals surface area contributed by atoms with Gasteiger partial charge in [-0.25, -0.2) is 4.98 Å². The lowest BCUT2D eigenvalue weighted by molar-refractivity contribution is 0.670. The van der Waals surface area contributed by atoms with E-state index in [0.29, 0.717) is 0 Å². The van der Waals surface area contributed by atoms with E-state index in [4.69, 9.17) is 9.40 Å². The Labute approximate surface area is 256 Å². The van der Waals surface area contributed by atoms with Crippen molar-refractivity contribution in [3.63, 3.8) is 0 Å². The third-order valence-corrected chi connectivity index (χ3v) is 10.2. The van der Waals surface area contributed by atoms with Gasteiger partial charge < -0.3 is 4.42 Å².